The Morgan fingerprint density at radius 1 is 1.09 bits per heavy atom. The second-order valence-electron chi connectivity index (χ2n) is 5.59. The van der Waals surface area contributed by atoms with Crippen LogP contribution in [0.3, 0.4) is 0 Å². The third-order valence-electron chi connectivity index (χ3n) is 3.97. The van der Waals surface area contributed by atoms with Gasteiger partial charge in [0, 0.05) is 5.56 Å². The summed E-state index contributed by atoms with van der Waals surface area (Å²) in [5.41, 5.74) is 5.28. The van der Waals surface area contributed by atoms with E-state index >= 15 is 0 Å². The van der Waals surface area contributed by atoms with E-state index in [0.717, 1.165) is 27.9 Å². The molecule has 5 heteroatoms. The molecule has 1 heterocycles. The number of aromatic carboxylic acids is 1. The monoisotopic (exact) mass is 307 g/mol. The van der Waals surface area contributed by atoms with Crippen LogP contribution < -0.4 is 0 Å². The fourth-order valence-corrected chi connectivity index (χ4v) is 2.61. The lowest BCUT2D eigenvalue weighted by atomic mass is 10.0. The normalized spacial score (nSPS) is 10.7. The van der Waals surface area contributed by atoms with E-state index in [1.54, 1.807) is 4.68 Å². The molecule has 2 aromatic carbocycles. The van der Waals surface area contributed by atoms with E-state index in [0.29, 0.717) is 5.69 Å². The van der Waals surface area contributed by atoms with Crippen molar-refractivity contribution in [1.82, 2.24) is 15.0 Å². The summed E-state index contributed by atoms with van der Waals surface area (Å²) < 4.78 is 1.61. The van der Waals surface area contributed by atoms with Crippen LogP contribution in [0.15, 0.2) is 42.5 Å². The van der Waals surface area contributed by atoms with E-state index in [1.807, 2.05) is 63.2 Å². The summed E-state index contributed by atoms with van der Waals surface area (Å²) in [6.45, 7) is 5.98. The quantitative estimate of drug-likeness (QED) is 0.803. The van der Waals surface area contributed by atoms with Gasteiger partial charge < -0.3 is 5.11 Å². The number of nitrogens with zero attached hydrogens (tertiary/aromatic N) is 3. The molecule has 0 bridgehead atoms. The van der Waals surface area contributed by atoms with Gasteiger partial charge in [0.2, 0.25) is 0 Å². The first-order valence-electron chi connectivity index (χ1n) is 7.31. The van der Waals surface area contributed by atoms with Crippen LogP contribution in [0.2, 0.25) is 0 Å². The van der Waals surface area contributed by atoms with Crippen molar-refractivity contribution in [3.63, 3.8) is 0 Å². The van der Waals surface area contributed by atoms with Gasteiger partial charge in [-0.15, -0.1) is 5.10 Å². The molecule has 0 unspecified atom stereocenters. The second kappa shape index (κ2) is 5.68. The number of carboxylic acid groups (broad SMARTS) is 1. The van der Waals surface area contributed by atoms with Crippen LogP contribution in [0.25, 0.3) is 16.9 Å². The fraction of sp³-hybridized carbons (Fsp3) is 0.167. The molecule has 0 spiro atoms. The molecule has 0 amide bonds. The maximum atomic E-state index is 11.6. The molecule has 0 saturated carbocycles. The largest absolute Gasteiger partial charge is 0.476 e. The summed E-state index contributed by atoms with van der Waals surface area (Å²) in [6, 6.07) is 13.5. The molecule has 0 atom stereocenters. The summed E-state index contributed by atoms with van der Waals surface area (Å²) in [6.07, 6.45) is 0. The Labute approximate surface area is 134 Å². The maximum Gasteiger partial charge on any atom is 0.358 e. The third-order valence-corrected chi connectivity index (χ3v) is 3.97. The minimum atomic E-state index is -1.09. The molecule has 1 N–H and O–H groups in total. The predicted octanol–water partition coefficient (Wildman–Crippen LogP) is 3.56. The van der Waals surface area contributed by atoms with Crippen molar-refractivity contribution in [3.05, 3.63) is 64.8 Å². The van der Waals surface area contributed by atoms with Crippen molar-refractivity contribution in [3.8, 4) is 16.9 Å². The van der Waals surface area contributed by atoms with Crippen LogP contribution in [-0.2, 0) is 0 Å². The molecular weight excluding hydrogens is 290 g/mol. The Balaban J connectivity index is 2.31. The SMILES string of the molecule is Cc1cccc(-c2c(C(=O)O)nnn2-c2cccc(C)c2C)c1. The second-order valence-corrected chi connectivity index (χ2v) is 5.59. The first-order chi connectivity index (χ1) is 11.0. The van der Waals surface area contributed by atoms with E-state index in [9.17, 15) is 9.90 Å². The third kappa shape index (κ3) is 2.61. The number of rotatable bonds is 3. The van der Waals surface area contributed by atoms with E-state index in [2.05, 4.69) is 10.3 Å². The summed E-state index contributed by atoms with van der Waals surface area (Å²) in [5.74, 6) is -1.09. The number of benzene rings is 2. The first-order valence-corrected chi connectivity index (χ1v) is 7.31. The molecule has 0 radical (unpaired) electrons. The summed E-state index contributed by atoms with van der Waals surface area (Å²) >= 11 is 0. The lowest BCUT2D eigenvalue weighted by Gasteiger charge is -2.12. The van der Waals surface area contributed by atoms with Gasteiger partial charge >= 0.3 is 5.97 Å². The van der Waals surface area contributed by atoms with Gasteiger partial charge in [-0.05, 0) is 44.0 Å². The molecule has 0 aliphatic rings. The molecule has 5 nitrogen and oxygen atoms in total. The van der Waals surface area contributed by atoms with Crippen molar-refractivity contribution < 1.29 is 9.90 Å². The minimum Gasteiger partial charge on any atom is -0.476 e. The lowest BCUT2D eigenvalue weighted by molar-refractivity contribution is 0.0691. The predicted molar refractivity (Wildman–Crippen MR) is 88.0 cm³/mol. The Hall–Kier alpha value is -2.95. The van der Waals surface area contributed by atoms with E-state index < -0.39 is 5.97 Å². The summed E-state index contributed by atoms with van der Waals surface area (Å²) in [5, 5.41) is 17.4. The first kappa shape index (κ1) is 15.0. The Morgan fingerprint density at radius 3 is 2.52 bits per heavy atom. The standard InChI is InChI=1S/C18H17N3O2/c1-11-6-4-8-14(10-11)17-16(18(22)23)19-20-21(17)15-9-5-7-12(2)13(15)3/h4-10H,1-3H3,(H,22,23). The van der Waals surface area contributed by atoms with E-state index in [1.165, 1.54) is 0 Å². The number of carbonyl (C=O) groups is 1. The van der Waals surface area contributed by atoms with Crippen LogP contribution in [0, 0.1) is 20.8 Å². The number of hydrogen-bond acceptors (Lipinski definition) is 3. The smallest absolute Gasteiger partial charge is 0.358 e. The topological polar surface area (TPSA) is 68.0 Å². The van der Waals surface area contributed by atoms with Crippen LogP contribution in [-0.4, -0.2) is 26.1 Å². The van der Waals surface area contributed by atoms with Crippen molar-refractivity contribution >= 4 is 5.97 Å². The van der Waals surface area contributed by atoms with Crippen LogP contribution in [0.1, 0.15) is 27.2 Å². The fourth-order valence-electron chi connectivity index (χ4n) is 2.61. The van der Waals surface area contributed by atoms with Gasteiger partial charge in [0.25, 0.3) is 0 Å². The zero-order valence-electron chi connectivity index (χ0n) is 13.2. The molecular formula is C18H17N3O2. The van der Waals surface area contributed by atoms with E-state index in [-0.39, 0.29) is 5.69 Å². The zero-order chi connectivity index (χ0) is 16.6. The Bertz CT molecular complexity index is 897. The highest BCUT2D eigenvalue weighted by Gasteiger charge is 2.22. The molecule has 3 rings (SSSR count). The van der Waals surface area contributed by atoms with Gasteiger partial charge in [-0.1, -0.05) is 41.1 Å². The van der Waals surface area contributed by atoms with Gasteiger partial charge in [-0.25, -0.2) is 9.48 Å². The molecule has 23 heavy (non-hydrogen) atoms. The zero-order valence-corrected chi connectivity index (χ0v) is 13.2. The highest BCUT2D eigenvalue weighted by Crippen LogP contribution is 2.28. The van der Waals surface area contributed by atoms with Gasteiger partial charge in [0.1, 0.15) is 5.69 Å². The summed E-state index contributed by atoms with van der Waals surface area (Å²) in [7, 11) is 0. The van der Waals surface area contributed by atoms with Crippen molar-refractivity contribution in [2.75, 3.05) is 0 Å². The summed E-state index contributed by atoms with van der Waals surface area (Å²) in [4.78, 5) is 11.6. The Morgan fingerprint density at radius 2 is 1.83 bits per heavy atom. The van der Waals surface area contributed by atoms with Gasteiger partial charge in [-0.3, -0.25) is 0 Å². The van der Waals surface area contributed by atoms with Crippen molar-refractivity contribution in [2.24, 2.45) is 0 Å². The molecule has 0 fully saturated rings. The number of hydrogen-bond donors (Lipinski definition) is 1. The molecule has 0 aliphatic heterocycles. The van der Waals surface area contributed by atoms with Crippen LogP contribution >= 0.6 is 0 Å². The molecule has 3 aromatic rings. The molecule has 116 valence electrons. The number of aromatic nitrogens is 3. The van der Waals surface area contributed by atoms with Crippen molar-refractivity contribution in [1.29, 1.82) is 0 Å². The van der Waals surface area contributed by atoms with Crippen molar-refractivity contribution in [2.45, 2.75) is 20.8 Å². The average Bonchev–Trinajstić information content (AvgIpc) is 2.95. The lowest BCUT2D eigenvalue weighted by Crippen LogP contribution is -2.05. The molecule has 0 saturated heterocycles. The minimum absolute atomic E-state index is 0.0449. The Kier molecular flexibility index (Phi) is 3.70. The van der Waals surface area contributed by atoms with Crippen LogP contribution in [0.5, 0.6) is 0 Å². The van der Waals surface area contributed by atoms with Gasteiger partial charge in [0.15, 0.2) is 5.69 Å². The number of carboxylic acids is 1. The van der Waals surface area contributed by atoms with Gasteiger partial charge in [-0.2, -0.15) is 0 Å². The number of aryl methyl sites for hydroxylation is 2. The van der Waals surface area contributed by atoms with Crippen LogP contribution in [0.4, 0.5) is 0 Å². The molecule has 1 aromatic heterocycles. The average molecular weight is 307 g/mol. The van der Waals surface area contributed by atoms with E-state index in [4.69, 9.17) is 0 Å². The molecule has 0 aliphatic carbocycles. The highest BCUT2D eigenvalue weighted by atomic mass is 16.4. The highest BCUT2D eigenvalue weighted by molar-refractivity contribution is 5.93. The van der Waals surface area contributed by atoms with Gasteiger partial charge in [0.05, 0.1) is 5.69 Å². The maximum absolute atomic E-state index is 11.6.